The molecule has 0 aliphatic rings. The molecule has 1 aromatic heterocycles. The molecule has 0 saturated heterocycles. The molecule has 2 aromatic rings. The molecule has 0 fully saturated rings. The fourth-order valence-electron chi connectivity index (χ4n) is 2.04. The topological polar surface area (TPSA) is 30.7 Å². The number of hydrogen-bond donors (Lipinski definition) is 0. The van der Waals surface area contributed by atoms with Gasteiger partial charge in [-0.1, -0.05) is 44.2 Å². The third-order valence-corrected chi connectivity index (χ3v) is 4.54. The average molecular weight is 275 g/mol. The first-order chi connectivity index (χ1) is 9.22. The smallest absolute Gasteiger partial charge is 0.142 e. The van der Waals surface area contributed by atoms with E-state index in [1.54, 1.807) is 0 Å². The predicted octanol–water partition coefficient (Wildman–Crippen LogP) is 3.41. The van der Waals surface area contributed by atoms with Crippen LogP contribution in [0.1, 0.15) is 37.0 Å². The zero-order valence-corrected chi connectivity index (χ0v) is 12.7. The Morgan fingerprint density at radius 3 is 2.47 bits per heavy atom. The summed E-state index contributed by atoms with van der Waals surface area (Å²) in [7, 11) is 2.05. The van der Waals surface area contributed by atoms with Gasteiger partial charge in [-0.25, -0.2) is 0 Å². The van der Waals surface area contributed by atoms with E-state index in [-0.39, 0.29) is 0 Å². The minimum absolute atomic E-state index is 0.574. The second-order valence-corrected chi connectivity index (χ2v) is 5.80. The zero-order chi connectivity index (χ0) is 13.7. The maximum absolute atomic E-state index is 4.25. The van der Waals surface area contributed by atoms with Gasteiger partial charge < -0.3 is 4.57 Å². The van der Waals surface area contributed by atoms with Crippen LogP contribution in [-0.4, -0.2) is 20.5 Å². The van der Waals surface area contributed by atoms with Crippen molar-refractivity contribution in [3.05, 3.63) is 47.5 Å². The number of rotatable bonds is 6. The molecule has 1 atom stereocenters. The van der Waals surface area contributed by atoms with Crippen molar-refractivity contribution in [2.45, 2.75) is 31.9 Å². The van der Waals surface area contributed by atoms with Crippen LogP contribution < -0.4 is 0 Å². The Balaban J connectivity index is 1.85. The van der Waals surface area contributed by atoms with Crippen LogP contribution in [0.3, 0.4) is 0 Å². The van der Waals surface area contributed by atoms with Gasteiger partial charge in [-0.15, -0.1) is 10.2 Å². The van der Waals surface area contributed by atoms with E-state index in [0.29, 0.717) is 5.92 Å². The van der Waals surface area contributed by atoms with Gasteiger partial charge in [0.15, 0.2) is 0 Å². The second-order valence-electron chi connectivity index (χ2n) is 4.77. The van der Waals surface area contributed by atoms with Gasteiger partial charge in [0.1, 0.15) is 11.6 Å². The molecule has 0 amide bonds. The third kappa shape index (κ3) is 3.60. The summed E-state index contributed by atoms with van der Waals surface area (Å²) in [6.45, 7) is 4.38. The lowest BCUT2D eigenvalue weighted by Gasteiger charge is -2.11. The van der Waals surface area contributed by atoms with Gasteiger partial charge in [0.2, 0.25) is 0 Å². The molecule has 0 aliphatic heterocycles. The SMILES string of the molecule is CCc1nnc(CSC[C@@H](C)c2ccccc2)n1C. The highest BCUT2D eigenvalue weighted by Gasteiger charge is 2.09. The van der Waals surface area contributed by atoms with Gasteiger partial charge in [-0.05, 0) is 11.5 Å². The first-order valence-corrected chi connectivity index (χ1v) is 7.87. The van der Waals surface area contributed by atoms with E-state index in [0.717, 1.165) is 29.6 Å². The summed E-state index contributed by atoms with van der Waals surface area (Å²) < 4.78 is 2.11. The minimum atomic E-state index is 0.574. The lowest BCUT2D eigenvalue weighted by Crippen LogP contribution is -2.02. The van der Waals surface area contributed by atoms with E-state index in [4.69, 9.17) is 0 Å². The van der Waals surface area contributed by atoms with Crippen LogP contribution in [-0.2, 0) is 19.2 Å². The van der Waals surface area contributed by atoms with Crippen molar-refractivity contribution in [3.63, 3.8) is 0 Å². The summed E-state index contributed by atoms with van der Waals surface area (Å²) in [5, 5.41) is 8.44. The largest absolute Gasteiger partial charge is 0.317 e. The Hall–Kier alpha value is -1.29. The molecule has 0 radical (unpaired) electrons. The third-order valence-electron chi connectivity index (χ3n) is 3.34. The van der Waals surface area contributed by atoms with Gasteiger partial charge >= 0.3 is 0 Å². The highest BCUT2D eigenvalue weighted by Crippen LogP contribution is 2.22. The summed E-state index contributed by atoms with van der Waals surface area (Å²) in [6, 6.07) is 10.7. The van der Waals surface area contributed by atoms with Gasteiger partial charge in [-0.2, -0.15) is 11.8 Å². The van der Waals surface area contributed by atoms with Crippen LogP contribution in [0.2, 0.25) is 0 Å². The molecule has 1 heterocycles. The van der Waals surface area contributed by atoms with E-state index in [2.05, 4.69) is 66.0 Å². The second kappa shape index (κ2) is 6.75. The molecule has 3 nitrogen and oxygen atoms in total. The van der Waals surface area contributed by atoms with Crippen LogP contribution in [0.25, 0.3) is 0 Å². The normalized spacial score (nSPS) is 12.6. The average Bonchev–Trinajstić information content (AvgIpc) is 2.80. The quantitative estimate of drug-likeness (QED) is 0.809. The number of benzene rings is 1. The molecule has 2 rings (SSSR count). The number of aryl methyl sites for hydroxylation is 1. The number of aromatic nitrogens is 3. The zero-order valence-electron chi connectivity index (χ0n) is 11.8. The van der Waals surface area contributed by atoms with Crippen molar-refractivity contribution in [3.8, 4) is 0 Å². The molecular weight excluding hydrogens is 254 g/mol. The standard InChI is InChI=1S/C15H21N3S/c1-4-14-16-17-15(18(14)3)11-19-10-12(2)13-8-6-5-7-9-13/h5-9,12H,4,10-11H2,1-3H3/t12-/m1/s1. The molecule has 1 aromatic carbocycles. The molecule has 0 unspecified atom stereocenters. The van der Waals surface area contributed by atoms with Gasteiger partial charge in [0, 0.05) is 19.2 Å². The Kier molecular flexibility index (Phi) is 5.02. The minimum Gasteiger partial charge on any atom is -0.317 e. The van der Waals surface area contributed by atoms with E-state index >= 15 is 0 Å². The maximum atomic E-state index is 4.25. The van der Waals surface area contributed by atoms with Gasteiger partial charge in [-0.3, -0.25) is 0 Å². The lowest BCUT2D eigenvalue weighted by atomic mass is 10.0. The fraction of sp³-hybridized carbons (Fsp3) is 0.467. The summed E-state index contributed by atoms with van der Waals surface area (Å²) in [6.07, 6.45) is 0.939. The number of thioether (sulfide) groups is 1. The van der Waals surface area contributed by atoms with Crippen LogP contribution in [0, 0.1) is 0 Å². The van der Waals surface area contributed by atoms with Crippen molar-refractivity contribution < 1.29 is 0 Å². The fourth-order valence-corrected chi connectivity index (χ4v) is 3.13. The monoisotopic (exact) mass is 275 g/mol. The van der Waals surface area contributed by atoms with Crippen LogP contribution in [0.5, 0.6) is 0 Å². The summed E-state index contributed by atoms with van der Waals surface area (Å²) in [5.41, 5.74) is 1.40. The van der Waals surface area contributed by atoms with Crippen molar-refractivity contribution in [2.75, 3.05) is 5.75 Å². The van der Waals surface area contributed by atoms with E-state index in [1.165, 1.54) is 5.56 Å². The number of nitrogens with zero attached hydrogens (tertiary/aromatic N) is 3. The van der Waals surface area contributed by atoms with E-state index in [1.807, 2.05) is 11.8 Å². The highest BCUT2D eigenvalue weighted by molar-refractivity contribution is 7.98. The summed E-state index contributed by atoms with van der Waals surface area (Å²) in [4.78, 5) is 0. The number of hydrogen-bond acceptors (Lipinski definition) is 3. The van der Waals surface area contributed by atoms with Gasteiger partial charge in [0.25, 0.3) is 0 Å². The van der Waals surface area contributed by atoms with E-state index < -0.39 is 0 Å². The van der Waals surface area contributed by atoms with Crippen molar-refractivity contribution in [2.24, 2.45) is 7.05 Å². The molecule has 0 saturated carbocycles. The Morgan fingerprint density at radius 1 is 1.16 bits per heavy atom. The van der Waals surface area contributed by atoms with E-state index in [9.17, 15) is 0 Å². The van der Waals surface area contributed by atoms with Gasteiger partial charge in [0.05, 0.1) is 5.75 Å². The molecule has 19 heavy (non-hydrogen) atoms. The Morgan fingerprint density at radius 2 is 1.84 bits per heavy atom. The Bertz CT molecular complexity index is 507. The molecule has 0 aliphatic carbocycles. The summed E-state index contributed by atoms with van der Waals surface area (Å²) in [5.74, 6) is 4.75. The molecule has 102 valence electrons. The molecule has 4 heteroatoms. The predicted molar refractivity (Wildman–Crippen MR) is 81.4 cm³/mol. The molecular formula is C15H21N3S. The van der Waals surface area contributed by atoms with Crippen LogP contribution >= 0.6 is 11.8 Å². The van der Waals surface area contributed by atoms with Crippen molar-refractivity contribution >= 4 is 11.8 Å². The molecule has 0 spiro atoms. The lowest BCUT2D eigenvalue weighted by molar-refractivity contribution is 0.780. The van der Waals surface area contributed by atoms with Crippen LogP contribution in [0.4, 0.5) is 0 Å². The van der Waals surface area contributed by atoms with Crippen LogP contribution in [0.15, 0.2) is 30.3 Å². The maximum Gasteiger partial charge on any atom is 0.142 e. The Labute approximate surface area is 119 Å². The first kappa shape index (κ1) is 14.1. The molecule has 0 bridgehead atoms. The molecule has 0 N–H and O–H groups in total. The van der Waals surface area contributed by atoms with Crippen molar-refractivity contribution in [1.82, 2.24) is 14.8 Å². The van der Waals surface area contributed by atoms with Crippen molar-refractivity contribution in [1.29, 1.82) is 0 Å². The first-order valence-electron chi connectivity index (χ1n) is 6.72. The summed E-state index contributed by atoms with van der Waals surface area (Å²) >= 11 is 1.92. The highest BCUT2D eigenvalue weighted by atomic mass is 32.2.